The molecule has 2 aromatic carbocycles. The molecule has 0 radical (unpaired) electrons. The first-order valence-electron chi connectivity index (χ1n) is 9.05. The van der Waals surface area contributed by atoms with Crippen LogP contribution in [-0.2, 0) is 10.0 Å². The number of aromatic nitrogens is 2. The number of fused-ring (bicyclic) bond motifs is 1. The van der Waals surface area contributed by atoms with E-state index in [-0.39, 0.29) is 4.90 Å². The Kier molecular flexibility index (Phi) is 5.21. The Balaban J connectivity index is 1.65. The fraction of sp³-hybridized carbons (Fsp3) is 0.143. The average Bonchev–Trinajstić information content (AvgIpc) is 3.14. The molecule has 8 heteroatoms. The van der Waals surface area contributed by atoms with Crippen molar-refractivity contribution in [1.29, 1.82) is 0 Å². The van der Waals surface area contributed by atoms with E-state index >= 15 is 0 Å². The summed E-state index contributed by atoms with van der Waals surface area (Å²) >= 11 is 1.50. The second kappa shape index (κ2) is 7.81. The van der Waals surface area contributed by atoms with Crippen LogP contribution >= 0.6 is 11.3 Å². The number of hydrogen-bond acceptors (Lipinski definition) is 6. The van der Waals surface area contributed by atoms with Crippen molar-refractivity contribution in [1.82, 2.24) is 9.97 Å². The summed E-state index contributed by atoms with van der Waals surface area (Å²) in [7, 11) is -3.78. The molecule has 2 aromatic heterocycles. The Bertz CT molecular complexity index is 1250. The molecule has 2 heterocycles. The fourth-order valence-corrected chi connectivity index (χ4v) is 5.13. The third-order valence-corrected chi connectivity index (χ3v) is 6.76. The molecule has 29 heavy (non-hydrogen) atoms. The van der Waals surface area contributed by atoms with Crippen molar-refractivity contribution in [2.45, 2.75) is 18.7 Å². The standard InChI is InChI=1S/C21H19N3O3S2/c1-3-27-18-8-4-5-9-19(18)29(25,26)24-16-11-10-15(13-14(16)2)20-23-17-7-6-12-22-21(17)28-20/h4-13,24H,3H2,1-2H3. The fourth-order valence-electron chi connectivity index (χ4n) is 2.95. The van der Waals surface area contributed by atoms with E-state index in [2.05, 4.69) is 14.7 Å². The van der Waals surface area contributed by atoms with Gasteiger partial charge in [0.05, 0.1) is 12.3 Å². The van der Waals surface area contributed by atoms with E-state index in [1.54, 1.807) is 30.5 Å². The predicted octanol–water partition coefficient (Wildman–Crippen LogP) is 4.87. The summed E-state index contributed by atoms with van der Waals surface area (Å²) in [6, 6.07) is 15.9. The lowest BCUT2D eigenvalue weighted by molar-refractivity contribution is 0.331. The number of ether oxygens (including phenoxy) is 1. The molecule has 148 valence electrons. The maximum Gasteiger partial charge on any atom is 0.265 e. The van der Waals surface area contributed by atoms with Gasteiger partial charge in [-0.25, -0.2) is 18.4 Å². The van der Waals surface area contributed by atoms with Crippen LogP contribution in [0.2, 0.25) is 0 Å². The number of benzene rings is 2. The molecule has 0 spiro atoms. The van der Waals surface area contributed by atoms with Gasteiger partial charge < -0.3 is 4.74 Å². The highest BCUT2D eigenvalue weighted by atomic mass is 32.2. The first kappa shape index (κ1) is 19.4. The van der Waals surface area contributed by atoms with Gasteiger partial charge in [0.15, 0.2) is 0 Å². The monoisotopic (exact) mass is 425 g/mol. The molecule has 0 saturated heterocycles. The van der Waals surface area contributed by atoms with Crippen LogP contribution in [0.5, 0.6) is 5.75 Å². The van der Waals surface area contributed by atoms with Gasteiger partial charge in [0.1, 0.15) is 26.0 Å². The SMILES string of the molecule is CCOc1ccccc1S(=O)(=O)Nc1ccc(-c2nc3cccnc3s2)cc1C. The molecule has 6 nitrogen and oxygen atoms in total. The number of pyridine rings is 1. The lowest BCUT2D eigenvalue weighted by Gasteiger charge is -2.14. The second-order valence-electron chi connectivity index (χ2n) is 6.36. The molecule has 4 aromatic rings. The van der Waals surface area contributed by atoms with Gasteiger partial charge in [0.25, 0.3) is 10.0 Å². The minimum absolute atomic E-state index is 0.113. The van der Waals surface area contributed by atoms with Crippen molar-refractivity contribution in [3.8, 4) is 16.3 Å². The highest BCUT2D eigenvalue weighted by molar-refractivity contribution is 7.92. The molecule has 0 unspecified atom stereocenters. The van der Waals surface area contributed by atoms with Gasteiger partial charge in [0, 0.05) is 11.8 Å². The maximum absolute atomic E-state index is 12.9. The molecule has 0 bridgehead atoms. The summed E-state index contributed by atoms with van der Waals surface area (Å²) in [6.45, 7) is 4.07. The van der Waals surface area contributed by atoms with Gasteiger partial charge in [-0.3, -0.25) is 4.72 Å². The van der Waals surface area contributed by atoms with Crippen LogP contribution in [0.4, 0.5) is 5.69 Å². The van der Waals surface area contributed by atoms with Crippen molar-refractivity contribution >= 4 is 37.4 Å². The normalized spacial score (nSPS) is 11.5. The number of para-hydroxylation sites is 1. The van der Waals surface area contributed by atoms with Gasteiger partial charge in [-0.05, 0) is 61.9 Å². The first-order valence-corrected chi connectivity index (χ1v) is 11.3. The van der Waals surface area contributed by atoms with Crippen LogP contribution < -0.4 is 9.46 Å². The van der Waals surface area contributed by atoms with Gasteiger partial charge in [0.2, 0.25) is 0 Å². The van der Waals surface area contributed by atoms with Crippen molar-refractivity contribution in [3.05, 3.63) is 66.4 Å². The molecule has 4 rings (SSSR count). The molecule has 0 atom stereocenters. The lowest BCUT2D eigenvalue weighted by atomic mass is 10.1. The Morgan fingerprint density at radius 2 is 1.93 bits per heavy atom. The molecular weight excluding hydrogens is 406 g/mol. The van der Waals surface area contributed by atoms with Crippen LogP contribution in [0.15, 0.2) is 65.7 Å². The third-order valence-electron chi connectivity index (χ3n) is 4.32. The van der Waals surface area contributed by atoms with Crippen molar-refractivity contribution < 1.29 is 13.2 Å². The molecule has 1 N–H and O–H groups in total. The largest absolute Gasteiger partial charge is 0.492 e. The number of rotatable bonds is 6. The van der Waals surface area contributed by atoms with Crippen LogP contribution in [0.3, 0.4) is 0 Å². The number of nitrogens with one attached hydrogen (secondary N) is 1. The van der Waals surface area contributed by atoms with Crippen LogP contribution in [0.25, 0.3) is 20.9 Å². The molecular formula is C21H19N3O3S2. The zero-order chi connectivity index (χ0) is 20.4. The van der Waals surface area contributed by atoms with Gasteiger partial charge in [-0.2, -0.15) is 0 Å². The molecule has 0 aliphatic rings. The number of nitrogens with zero attached hydrogens (tertiary/aromatic N) is 2. The Hall–Kier alpha value is -2.97. The van der Waals surface area contributed by atoms with Crippen LogP contribution in [0.1, 0.15) is 12.5 Å². The molecule has 0 aliphatic heterocycles. The minimum Gasteiger partial charge on any atom is -0.492 e. The number of sulfonamides is 1. The second-order valence-corrected chi connectivity index (χ2v) is 8.99. The summed E-state index contributed by atoms with van der Waals surface area (Å²) in [5.41, 5.74) is 3.08. The van der Waals surface area contributed by atoms with E-state index in [1.807, 2.05) is 38.1 Å². The summed E-state index contributed by atoms with van der Waals surface area (Å²) in [4.78, 5) is 9.92. The summed E-state index contributed by atoms with van der Waals surface area (Å²) < 4.78 is 34.0. The van der Waals surface area contributed by atoms with E-state index in [9.17, 15) is 8.42 Å². The third kappa shape index (κ3) is 3.94. The van der Waals surface area contributed by atoms with Crippen LogP contribution in [0, 0.1) is 6.92 Å². The summed E-state index contributed by atoms with van der Waals surface area (Å²) in [5.74, 6) is 0.332. The van der Waals surface area contributed by atoms with E-state index in [0.29, 0.717) is 18.0 Å². The molecule has 0 fully saturated rings. The smallest absolute Gasteiger partial charge is 0.265 e. The summed E-state index contributed by atoms with van der Waals surface area (Å²) in [5, 5.41) is 0.845. The predicted molar refractivity (Wildman–Crippen MR) is 116 cm³/mol. The zero-order valence-electron chi connectivity index (χ0n) is 15.9. The van der Waals surface area contributed by atoms with E-state index in [1.165, 1.54) is 17.4 Å². The average molecular weight is 426 g/mol. The maximum atomic E-state index is 12.9. The first-order chi connectivity index (χ1) is 14.0. The van der Waals surface area contributed by atoms with E-state index < -0.39 is 10.0 Å². The topological polar surface area (TPSA) is 81.2 Å². The number of thiazole rings is 1. The van der Waals surface area contributed by atoms with Crippen LogP contribution in [-0.4, -0.2) is 25.0 Å². The summed E-state index contributed by atoms with van der Waals surface area (Å²) in [6.07, 6.45) is 1.74. The highest BCUT2D eigenvalue weighted by Crippen LogP contribution is 2.32. The number of aryl methyl sites for hydroxylation is 1. The van der Waals surface area contributed by atoms with Gasteiger partial charge in [-0.15, -0.1) is 0 Å². The van der Waals surface area contributed by atoms with Crippen molar-refractivity contribution in [3.63, 3.8) is 0 Å². The van der Waals surface area contributed by atoms with Gasteiger partial charge in [-0.1, -0.05) is 23.5 Å². The van der Waals surface area contributed by atoms with E-state index in [4.69, 9.17) is 4.74 Å². The number of anilines is 1. The van der Waals surface area contributed by atoms with Gasteiger partial charge >= 0.3 is 0 Å². The Morgan fingerprint density at radius 1 is 1.10 bits per heavy atom. The van der Waals surface area contributed by atoms with E-state index in [0.717, 1.165) is 26.5 Å². The number of hydrogen-bond donors (Lipinski definition) is 1. The van der Waals surface area contributed by atoms with Crippen molar-refractivity contribution in [2.75, 3.05) is 11.3 Å². The lowest BCUT2D eigenvalue weighted by Crippen LogP contribution is -2.15. The molecule has 0 saturated carbocycles. The Labute approximate surface area is 173 Å². The molecule has 0 aliphatic carbocycles. The van der Waals surface area contributed by atoms with Crippen molar-refractivity contribution in [2.24, 2.45) is 0 Å². The minimum atomic E-state index is -3.78. The Morgan fingerprint density at radius 3 is 2.69 bits per heavy atom. The quantitative estimate of drug-likeness (QED) is 0.477. The highest BCUT2D eigenvalue weighted by Gasteiger charge is 2.20. The molecule has 0 amide bonds. The zero-order valence-corrected chi connectivity index (χ0v) is 17.5.